The van der Waals surface area contributed by atoms with Gasteiger partial charge in [-0.1, -0.05) is 123 Å². The zero-order valence-electron chi connectivity index (χ0n) is 32.2. The number of hydrogen-bond acceptors (Lipinski definition) is 0. The van der Waals surface area contributed by atoms with Crippen LogP contribution >= 0.6 is 0 Å². The lowest BCUT2D eigenvalue weighted by Gasteiger charge is -2.33. The van der Waals surface area contributed by atoms with Gasteiger partial charge in [0.25, 0.3) is 0 Å². The monoisotopic (exact) mass is 718 g/mol. The van der Waals surface area contributed by atoms with E-state index in [9.17, 15) is 0 Å². The number of aryl methyl sites for hydroxylation is 2. The summed E-state index contributed by atoms with van der Waals surface area (Å²) in [5.74, 6) is 0.609. The predicted molar refractivity (Wildman–Crippen MR) is 238 cm³/mol. The van der Waals surface area contributed by atoms with E-state index in [1.165, 1.54) is 111 Å². The van der Waals surface area contributed by atoms with Crippen molar-refractivity contribution in [2.45, 2.75) is 39.5 Å². The molecule has 2 heterocycles. The van der Waals surface area contributed by atoms with Crippen LogP contribution in [0.5, 0.6) is 0 Å². The van der Waals surface area contributed by atoms with Gasteiger partial charge in [0, 0.05) is 32.9 Å². The summed E-state index contributed by atoms with van der Waals surface area (Å²) in [4.78, 5) is 0. The minimum atomic E-state index is 0.297. The van der Waals surface area contributed by atoms with Crippen molar-refractivity contribution in [1.29, 1.82) is 0 Å². The molecule has 0 bridgehead atoms. The van der Waals surface area contributed by atoms with E-state index in [1.807, 2.05) is 0 Å². The first-order chi connectivity index (χ1) is 27.5. The zero-order chi connectivity index (χ0) is 37.7. The number of para-hydroxylation sites is 2. The Morgan fingerprint density at radius 1 is 0.375 bits per heavy atom. The van der Waals surface area contributed by atoms with Crippen LogP contribution in [-0.2, 0) is 0 Å². The van der Waals surface area contributed by atoms with Gasteiger partial charge in [-0.15, -0.1) is 0 Å². The van der Waals surface area contributed by atoms with E-state index < -0.39 is 0 Å². The van der Waals surface area contributed by atoms with Crippen molar-refractivity contribution < 1.29 is 0 Å². The molecule has 1 aliphatic carbocycles. The molecule has 1 aliphatic rings. The average Bonchev–Trinajstić information content (AvgIpc) is 3.74. The Balaban J connectivity index is 1.22. The lowest BCUT2D eigenvalue weighted by atomic mass is 9.72. The molecule has 2 atom stereocenters. The van der Waals surface area contributed by atoms with Crippen molar-refractivity contribution in [3.05, 3.63) is 192 Å². The maximum Gasteiger partial charge on any atom is 0.0582 e. The predicted octanol–water partition coefficient (Wildman–Crippen LogP) is 14.7. The van der Waals surface area contributed by atoms with Gasteiger partial charge in [0.2, 0.25) is 0 Å². The van der Waals surface area contributed by atoms with Crippen LogP contribution in [0.1, 0.15) is 47.9 Å². The molecular formula is C54H42N2. The molecule has 0 saturated carbocycles. The van der Waals surface area contributed by atoms with E-state index in [4.69, 9.17) is 0 Å². The molecule has 2 nitrogen and oxygen atoms in total. The minimum absolute atomic E-state index is 0.297. The second kappa shape index (κ2) is 12.4. The molecule has 2 unspecified atom stereocenters. The van der Waals surface area contributed by atoms with Gasteiger partial charge in [0.05, 0.1) is 22.1 Å². The molecule has 0 radical (unpaired) electrons. The third-order valence-electron chi connectivity index (χ3n) is 12.8. The molecule has 0 spiro atoms. The fourth-order valence-electron chi connectivity index (χ4n) is 9.87. The maximum atomic E-state index is 2.53. The van der Waals surface area contributed by atoms with Crippen LogP contribution in [-0.4, -0.2) is 9.13 Å². The van der Waals surface area contributed by atoms with Gasteiger partial charge in [-0.25, -0.2) is 0 Å². The molecule has 0 saturated heterocycles. The van der Waals surface area contributed by atoms with Gasteiger partial charge in [0.15, 0.2) is 0 Å². The molecule has 0 fully saturated rings. The van der Waals surface area contributed by atoms with Gasteiger partial charge in [-0.3, -0.25) is 0 Å². The molecule has 11 rings (SSSR count). The normalized spacial score (nSPS) is 15.1. The summed E-state index contributed by atoms with van der Waals surface area (Å²) in [5, 5.41) is 5.21. The van der Waals surface area contributed by atoms with E-state index in [0.29, 0.717) is 11.8 Å². The summed E-state index contributed by atoms with van der Waals surface area (Å²) in [7, 11) is 0. The lowest BCUT2D eigenvalue weighted by Crippen LogP contribution is -2.15. The Kier molecular flexibility index (Phi) is 7.28. The molecule has 268 valence electrons. The number of hydrogen-bond donors (Lipinski definition) is 0. The van der Waals surface area contributed by atoms with Crippen LogP contribution in [0.25, 0.3) is 88.4 Å². The summed E-state index contributed by atoms with van der Waals surface area (Å²) in [6, 6.07) is 63.3. The van der Waals surface area contributed by atoms with Crippen molar-refractivity contribution >= 4 is 43.6 Å². The average molecular weight is 719 g/mol. The summed E-state index contributed by atoms with van der Waals surface area (Å²) in [6.07, 6.45) is 0. The molecule has 2 heteroatoms. The number of aromatic nitrogens is 2. The van der Waals surface area contributed by atoms with Gasteiger partial charge < -0.3 is 9.13 Å². The number of nitrogens with zero attached hydrogens (tertiary/aromatic N) is 2. The Morgan fingerprint density at radius 2 is 0.893 bits per heavy atom. The number of benzene rings is 8. The third kappa shape index (κ3) is 4.75. The summed E-state index contributed by atoms with van der Waals surface area (Å²) in [5.41, 5.74) is 20.6. The topological polar surface area (TPSA) is 9.86 Å². The van der Waals surface area contributed by atoms with Gasteiger partial charge in [-0.2, -0.15) is 0 Å². The van der Waals surface area contributed by atoms with E-state index in [2.05, 4.69) is 207 Å². The van der Waals surface area contributed by atoms with Gasteiger partial charge in [0.1, 0.15) is 0 Å². The van der Waals surface area contributed by atoms with Crippen LogP contribution in [0.4, 0.5) is 0 Å². The third-order valence-corrected chi connectivity index (χ3v) is 12.8. The second-order valence-corrected chi connectivity index (χ2v) is 15.9. The highest BCUT2D eigenvalue weighted by atomic mass is 15.0. The van der Waals surface area contributed by atoms with Crippen molar-refractivity contribution in [1.82, 2.24) is 9.13 Å². The van der Waals surface area contributed by atoms with E-state index >= 15 is 0 Å². The largest absolute Gasteiger partial charge is 0.309 e. The van der Waals surface area contributed by atoms with Crippen LogP contribution in [0, 0.1) is 13.8 Å². The fraction of sp³-hybridized carbons (Fsp3) is 0.111. The lowest BCUT2D eigenvalue weighted by molar-refractivity contribution is 0.619. The minimum Gasteiger partial charge on any atom is -0.309 e. The smallest absolute Gasteiger partial charge is 0.0582 e. The summed E-state index contributed by atoms with van der Waals surface area (Å²) in [6.45, 7) is 9.31. The van der Waals surface area contributed by atoms with Crippen molar-refractivity contribution in [3.8, 4) is 44.8 Å². The first-order valence-electron chi connectivity index (χ1n) is 19.9. The molecule has 8 aromatic carbocycles. The van der Waals surface area contributed by atoms with E-state index in [0.717, 1.165) is 0 Å². The molecule has 0 N–H and O–H groups in total. The zero-order valence-corrected chi connectivity index (χ0v) is 32.2. The Morgan fingerprint density at radius 3 is 1.50 bits per heavy atom. The quantitative estimate of drug-likeness (QED) is 0.171. The Labute approximate surface area is 327 Å². The van der Waals surface area contributed by atoms with Gasteiger partial charge >= 0.3 is 0 Å². The number of fused-ring (bicyclic) bond motifs is 10. The van der Waals surface area contributed by atoms with Crippen LogP contribution in [0.15, 0.2) is 170 Å². The van der Waals surface area contributed by atoms with Crippen LogP contribution in [0.3, 0.4) is 0 Å². The molecule has 10 aromatic rings. The van der Waals surface area contributed by atoms with Crippen LogP contribution in [0.2, 0.25) is 0 Å². The molecule has 0 aliphatic heterocycles. The highest BCUT2D eigenvalue weighted by Crippen LogP contribution is 2.53. The van der Waals surface area contributed by atoms with Crippen molar-refractivity contribution in [3.63, 3.8) is 0 Å². The molecule has 56 heavy (non-hydrogen) atoms. The second-order valence-electron chi connectivity index (χ2n) is 15.9. The Bertz CT molecular complexity index is 3120. The van der Waals surface area contributed by atoms with Crippen molar-refractivity contribution in [2.24, 2.45) is 0 Å². The highest BCUT2D eigenvalue weighted by Gasteiger charge is 2.33. The first-order valence-corrected chi connectivity index (χ1v) is 19.9. The molecule has 2 aromatic heterocycles. The molecule has 0 amide bonds. The first kappa shape index (κ1) is 32.8. The standard InChI is InChI=1S/C54H42N2/c1-33-15-11-13-21-41(33)37-24-28-51-47(29-37)44-26-25-43-46-32-52-49(31-45(46)35(3)36(4)53(43)54(44)56(51)40-19-9-6-10-20-40)48-30-38(42-22-14-12-16-34(42)2)23-27-50(48)55(52)39-17-7-5-8-18-39/h5-32,35-36H,1-4H3. The van der Waals surface area contributed by atoms with E-state index in [1.54, 1.807) is 0 Å². The van der Waals surface area contributed by atoms with Gasteiger partial charge in [-0.05, 0) is 142 Å². The Hall–Kier alpha value is -6.64. The highest BCUT2D eigenvalue weighted by molar-refractivity contribution is 6.15. The van der Waals surface area contributed by atoms with Crippen LogP contribution < -0.4 is 0 Å². The fourth-order valence-corrected chi connectivity index (χ4v) is 9.87. The SMILES string of the molecule is Cc1ccccc1-c1ccc2c(c1)c1cc3c(cc1n2-c1ccccc1)-c1ccc2c4cc(-c5ccccc5C)ccc4n(-c4ccccc4)c2c1C(C)C3C. The van der Waals surface area contributed by atoms with E-state index in [-0.39, 0.29) is 0 Å². The van der Waals surface area contributed by atoms with Crippen molar-refractivity contribution in [2.75, 3.05) is 0 Å². The maximum absolute atomic E-state index is 2.53. The molecular weight excluding hydrogens is 677 g/mol. The number of rotatable bonds is 4. The summed E-state index contributed by atoms with van der Waals surface area (Å²) >= 11 is 0. The summed E-state index contributed by atoms with van der Waals surface area (Å²) < 4.78 is 5.01.